The molecule has 0 aliphatic rings. The standard InChI is InChI=1S/C14H19Cl2N/c1-10(2)8-17-9-11(3)6-12-4-5-13(15)14(16)7-12/h4-7,10,17H,8-9H2,1-3H3. The van der Waals surface area contributed by atoms with E-state index in [1.54, 1.807) is 0 Å². The van der Waals surface area contributed by atoms with E-state index in [9.17, 15) is 0 Å². The Morgan fingerprint density at radius 1 is 1.29 bits per heavy atom. The fourth-order valence-corrected chi connectivity index (χ4v) is 1.80. The minimum atomic E-state index is 0.597. The van der Waals surface area contributed by atoms with E-state index >= 15 is 0 Å². The molecule has 3 heteroatoms. The number of benzene rings is 1. The normalized spacial score (nSPS) is 12.2. The Morgan fingerprint density at radius 3 is 2.59 bits per heavy atom. The van der Waals surface area contributed by atoms with Gasteiger partial charge >= 0.3 is 0 Å². The molecule has 0 amide bonds. The summed E-state index contributed by atoms with van der Waals surface area (Å²) in [5.41, 5.74) is 2.37. The number of halogens is 2. The lowest BCUT2D eigenvalue weighted by atomic mass is 10.1. The Hall–Kier alpha value is -0.500. The van der Waals surface area contributed by atoms with E-state index in [1.807, 2.05) is 18.2 Å². The Morgan fingerprint density at radius 2 is 2.00 bits per heavy atom. The van der Waals surface area contributed by atoms with Crippen LogP contribution in [0.1, 0.15) is 26.3 Å². The predicted octanol–water partition coefficient (Wildman–Crippen LogP) is 4.64. The van der Waals surface area contributed by atoms with Gasteiger partial charge in [0, 0.05) is 6.54 Å². The molecule has 0 radical (unpaired) electrons. The molecule has 0 bridgehead atoms. The second-order valence-electron chi connectivity index (χ2n) is 4.69. The highest BCUT2D eigenvalue weighted by molar-refractivity contribution is 6.42. The van der Waals surface area contributed by atoms with Crippen LogP contribution in [0.25, 0.3) is 6.08 Å². The second kappa shape index (κ2) is 7.05. The molecule has 17 heavy (non-hydrogen) atoms. The van der Waals surface area contributed by atoms with Crippen molar-refractivity contribution in [1.82, 2.24) is 5.32 Å². The third kappa shape index (κ3) is 5.58. The first-order chi connectivity index (χ1) is 7.99. The van der Waals surface area contributed by atoms with Crippen molar-refractivity contribution >= 4 is 29.3 Å². The predicted molar refractivity (Wildman–Crippen MR) is 77.8 cm³/mol. The van der Waals surface area contributed by atoms with Crippen LogP contribution in [0, 0.1) is 5.92 Å². The SMILES string of the molecule is CC(=Cc1ccc(Cl)c(Cl)c1)CNCC(C)C. The Kier molecular flexibility index (Phi) is 6.04. The summed E-state index contributed by atoms with van der Waals surface area (Å²) < 4.78 is 0. The molecule has 0 heterocycles. The van der Waals surface area contributed by atoms with E-state index < -0.39 is 0 Å². The fraction of sp³-hybridized carbons (Fsp3) is 0.429. The van der Waals surface area contributed by atoms with Crippen molar-refractivity contribution < 1.29 is 0 Å². The molecule has 1 aromatic rings. The van der Waals surface area contributed by atoms with Gasteiger partial charge in [-0.05, 0) is 37.1 Å². The highest BCUT2D eigenvalue weighted by Crippen LogP contribution is 2.23. The van der Waals surface area contributed by atoms with Crippen LogP contribution in [0.2, 0.25) is 10.0 Å². The summed E-state index contributed by atoms with van der Waals surface area (Å²) in [4.78, 5) is 0. The maximum absolute atomic E-state index is 5.97. The molecule has 0 atom stereocenters. The summed E-state index contributed by atoms with van der Waals surface area (Å²) in [6, 6.07) is 5.68. The van der Waals surface area contributed by atoms with Gasteiger partial charge in [0.15, 0.2) is 0 Å². The van der Waals surface area contributed by atoms with E-state index in [-0.39, 0.29) is 0 Å². The molecule has 0 spiro atoms. The van der Waals surface area contributed by atoms with Crippen LogP contribution in [0.4, 0.5) is 0 Å². The molecular formula is C14H19Cl2N. The van der Waals surface area contributed by atoms with E-state index in [0.29, 0.717) is 16.0 Å². The van der Waals surface area contributed by atoms with Crippen molar-refractivity contribution in [3.05, 3.63) is 39.4 Å². The molecular weight excluding hydrogens is 253 g/mol. The van der Waals surface area contributed by atoms with Gasteiger partial charge in [-0.15, -0.1) is 0 Å². The quantitative estimate of drug-likeness (QED) is 0.823. The van der Waals surface area contributed by atoms with Crippen LogP contribution < -0.4 is 5.32 Å². The zero-order valence-electron chi connectivity index (χ0n) is 10.6. The molecule has 0 aromatic heterocycles. The average Bonchev–Trinajstić information content (AvgIpc) is 2.23. The second-order valence-corrected chi connectivity index (χ2v) is 5.50. The zero-order valence-corrected chi connectivity index (χ0v) is 12.1. The van der Waals surface area contributed by atoms with Crippen molar-refractivity contribution in [3.8, 4) is 0 Å². The van der Waals surface area contributed by atoms with Crippen LogP contribution in [0.3, 0.4) is 0 Å². The third-order valence-electron chi connectivity index (χ3n) is 2.31. The minimum absolute atomic E-state index is 0.597. The molecule has 1 aromatic carbocycles. The molecule has 1 rings (SSSR count). The van der Waals surface area contributed by atoms with Gasteiger partial charge in [0.2, 0.25) is 0 Å². The van der Waals surface area contributed by atoms with Crippen LogP contribution in [0.15, 0.2) is 23.8 Å². The van der Waals surface area contributed by atoms with Gasteiger partial charge in [-0.3, -0.25) is 0 Å². The van der Waals surface area contributed by atoms with Crippen LogP contribution >= 0.6 is 23.2 Å². The van der Waals surface area contributed by atoms with Crippen LogP contribution in [-0.2, 0) is 0 Å². The third-order valence-corrected chi connectivity index (χ3v) is 3.05. The number of hydrogen-bond donors (Lipinski definition) is 1. The molecule has 0 aliphatic carbocycles. The molecule has 0 aliphatic heterocycles. The summed E-state index contributed by atoms with van der Waals surface area (Å²) >= 11 is 11.8. The van der Waals surface area contributed by atoms with E-state index in [2.05, 4.69) is 32.2 Å². The summed E-state index contributed by atoms with van der Waals surface area (Å²) in [5, 5.41) is 4.60. The number of nitrogens with one attached hydrogen (secondary N) is 1. The van der Waals surface area contributed by atoms with E-state index in [0.717, 1.165) is 18.7 Å². The lowest BCUT2D eigenvalue weighted by Gasteiger charge is -2.07. The highest BCUT2D eigenvalue weighted by Gasteiger charge is 1.98. The lowest BCUT2D eigenvalue weighted by molar-refractivity contribution is 0.572. The van der Waals surface area contributed by atoms with Gasteiger partial charge in [0.05, 0.1) is 10.0 Å². The number of hydrogen-bond acceptors (Lipinski definition) is 1. The van der Waals surface area contributed by atoms with Gasteiger partial charge in [0.1, 0.15) is 0 Å². The van der Waals surface area contributed by atoms with Crippen molar-refractivity contribution in [3.63, 3.8) is 0 Å². The molecule has 0 saturated heterocycles. The average molecular weight is 272 g/mol. The molecule has 0 saturated carbocycles. The smallest absolute Gasteiger partial charge is 0.0598 e. The molecule has 1 nitrogen and oxygen atoms in total. The van der Waals surface area contributed by atoms with Crippen LogP contribution in [0.5, 0.6) is 0 Å². The molecule has 0 unspecified atom stereocenters. The summed E-state index contributed by atoms with van der Waals surface area (Å²) in [7, 11) is 0. The van der Waals surface area contributed by atoms with Crippen molar-refractivity contribution in [2.24, 2.45) is 5.92 Å². The highest BCUT2D eigenvalue weighted by atomic mass is 35.5. The first-order valence-corrected chi connectivity index (χ1v) is 6.57. The van der Waals surface area contributed by atoms with Crippen LogP contribution in [-0.4, -0.2) is 13.1 Å². The summed E-state index contributed by atoms with van der Waals surface area (Å²) in [6.07, 6.45) is 2.12. The Bertz CT molecular complexity index is 397. The lowest BCUT2D eigenvalue weighted by Crippen LogP contribution is -2.21. The minimum Gasteiger partial charge on any atom is -0.313 e. The fourth-order valence-electron chi connectivity index (χ4n) is 1.50. The first kappa shape index (κ1) is 14.6. The van der Waals surface area contributed by atoms with E-state index in [1.165, 1.54) is 5.57 Å². The van der Waals surface area contributed by atoms with E-state index in [4.69, 9.17) is 23.2 Å². The largest absolute Gasteiger partial charge is 0.313 e. The van der Waals surface area contributed by atoms with Gasteiger partial charge in [-0.2, -0.15) is 0 Å². The Labute approximate surface area is 114 Å². The summed E-state index contributed by atoms with van der Waals surface area (Å²) in [5.74, 6) is 0.674. The molecule has 0 fully saturated rings. The van der Waals surface area contributed by atoms with Gasteiger partial charge in [-0.25, -0.2) is 0 Å². The Balaban J connectivity index is 2.58. The molecule has 1 N–H and O–H groups in total. The van der Waals surface area contributed by atoms with Crippen molar-refractivity contribution in [1.29, 1.82) is 0 Å². The van der Waals surface area contributed by atoms with Gasteiger partial charge in [-0.1, -0.05) is 54.8 Å². The number of rotatable bonds is 5. The molecule has 94 valence electrons. The monoisotopic (exact) mass is 271 g/mol. The maximum atomic E-state index is 5.97. The van der Waals surface area contributed by atoms with Gasteiger partial charge < -0.3 is 5.32 Å². The first-order valence-electron chi connectivity index (χ1n) is 5.82. The zero-order chi connectivity index (χ0) is 12.8. The topological polar surface area (TPSA) is 12.0 Å². The van der Waals surface area contributed by atoms with Crippen molar-refractivity contribution in [2.75, 3.05) is 13.1 Å². The summed E-state index contributed by atoms with van der Waals surface area (Å²) in [6.45, 7) is 8.44. The van der Waals surface area contributed by atoms with Crippen molar-refractivity contribution in [2.45, 2.75) is 20.8 Å². The van der Waals surface area contributed by atoms with Gasteiger partial charge in [0.25, 0.3) is 0 Å². The maximum Gasteiger partial charge on any atom is 0.0598 e.